The number of aliphatic hydroxyl groups is 5. The van der Waals surface area contributed by atoms with Crippen LogP contribution in [0.1, 0.15) is 43.4 Å². The lowest BCUT2D eigenvalue weighted by Gasteiger charge is -2.40. The van der Waals surface area contributed by atoms with Gasteiger partial charge in [0.15, 0.2) is 23.7 Å². The van der Waals surface area contributed by atoms with E-state index in [4.69, 9.17) is 24.3 Å². The number of aliphatic hydroxyl groups excluding tert-OH is 5. The highest BCUT2D eigenvalue weighted by molar-refractivity contribution is 7.61. The van der Waals surface area contributed by atoms with Gasteiger partial charge in [0.05, 0.1) is 18.9 Å². The monoisotopic (exact) mass is 790 g/mol. The van der Waals surface area contributed by atoms with Gasteiger partial charge in [-0.2, -0.15) is 9.29 Å². The number of amides is 1. The van der Waals surface area contributed by atoms with Gasteiger partial charge in [0.2, 0.25) is 11.9 Å². The molecule has 1 aromatic carbocycles. The van der Waals surface area contributed by atoms with Crippen molar-refractivity contribution < 1.29 is 72.1 Å². The van der Waals surface area contributed by atoms with Crippen LogP contribution in [-0.4, -0.2) is 123 Å². The topological polar surface area (TPSA) is 341 Å². The number of imidazole rings is 1. The van der Waals surface area contributed by atoms with E-state index in [0.717, 1.165) is 42.1 Å². The third-order valence-electron chi connectivity index (χ3n) is 9.37. The fraction of sp³-hybridized carbons (Fsp3) is 0.586. The van der Waals surface area contributed by atoms with Crippen molar-refractivity contribution in [2.75, 3.05) is 18.9 Å². The number of ether oxygens (including phenoxy) is 2. The maximum absolute atomic E-state index is 13.4. The van der Waals surface area contributed by atoms with E-state index in [9.17, 15) is 54.0 Å². The second-order valence-electron chi connectivity index (χ2n) is 12.9. The standard InChI is InChI=1S/C29H40N6O16P2/c30-29-33-24-18(26(42)34-29)32-12-35(24)27-22(39)20(37)16(48-27)11-47-52(43,44)51-53(45,46)50-28-23(40)21(38)19(36)15(49-28)10-31-25(41)17(14-8-4-5-9-14)13-6-2-1-3-7-13/h1-3,6-7,12,14-17,19-23,27-28,36-40H,4-5,8-11H2,(H,31,41)(H,43,44)(H,45,46)(H3,30,33,34,42)/t15-,16+,17?,19+,20+,21+,22+,23-,27+,28+/m0/s1. The number of aromatic nitrogens is 4. The number of phosphoric ester groups is 2. The smallest absolute Gasteiger partial charge is 0.388 e. The first-order valence-corrected chi connectivity index (χ1v) is 19.5. The molecule has 0 bridgehead atoms. The van der Waals surface area contributed by atoms with Gasteiger partial charge in [-0.25, -0.2) is 14.1 Å². The molecule has 292 valence electrons. The van der Waals surface area contributed by atoms with Crippen LogP contribution in [-0.2, 0) is 36.8 Å². The SMILES string of the molecule is Nc1nc2c(ncn2[C@@H]2O[C@H](COP(=O)(O)OP(=O)(O)O[C@H]3O[C@@H](CNC(=O)C(c4ccccc4)C4CCCC4)[C@@H](O)[C@@H](O)[C@@H]3O)[C@@H](O)[C@H]2O)c(=O)[nH]1. The molecular formula is C29H40N6O16P2. The number of nitrogen functional groups attached to an aromatic ring is 1. The van der Waals surface area contributed by atoms with E-state index in [0.29, 0.717) is 0 Å². The van der Waals surface area contributed by atoms with Crippen LogP contribution < -0.4 is 16.6 Å². The first-order chi connectivity index (χ1) is 25.0. The van der Waals surface area contributed by atoms with Crippen molar-refractivity contribution in [1.82, 2.24) is 24.8 Å². The number of H-pyrrole nitrogens is 1. The molecule has 2 aromatic heterocycles. The molecule has 2 aliphatic heterocycles. The van der Waals surface area contributed by atoms with Gasteiger partial charge in [-0.1, -0.05) is 43.2 Å². The van der Waals surface area contributed by atoms with E-state index < -0.39 is 101 Å². The maximum Gasteiger partial charge on any atom is 0.483 e. The number of hydrogen-bond acceptors (Lipinski definition) is 17. The molecule has 11 N–H and O–H groups in total. The van der Waals surface area contributed by atoms with Crippen LogP contribution >= 0.6 is 15.6 Å². The molecule has 1 aliphatic carbocycles. The van der Waals surface area contributed by atoms with Crippen molar-refractivity contribution in [2.45, 2.75) is 86.8 Å². The average molecular weight is 791 g/mol. The van der Waals surface area contributed by atoms with Crippen LogP contribution in [0.25, 0.3) is 11.2 Å². The van der Waals surface area contributed by atoms with Gasteiger partial charge in [-0.05, 0) is 24.3 Å². The summed E-state index contributed by atoms with van der Waals surface area (Å²) in [6.07, 6.45) is -11.5. The highest BCUT2D eigenvalue weighted by Crippen LogP contribution is 2.61. The molecule has 22 nitrogen and oxygen atoms in total. The first-order valence-electron chi connectivity index (χ1n) is 16.5. The molecule has 1 amide bonds. The molecule has 1 saturated carbocycles. The number of rotatable bonds is 13. The Morgan fingerprint density at radius 2 is 1.66 bits per heavy atom. The molecule has 3 aromatic rings. The zero-order valence-corrected chi connectivity index (χ0v) is 29.5. The number of carbonyl (C=O) groups excluding carboxylic acids is 1. The molecule has 12 atom stereocenters. The number of benzene rings is 1. The van der Waals surface area contributed by atoms with Crippen molar-refractivity contribution in [3.63, 3.8) is 0 Å². The number of anilines is 1. The van der Waals surface area contributed by atoms with E-state index >= 15 is 0 Å². The zero-order valence-electron chi connectivity index (χ0n) is 27.7. The molecular weight excluding hydrogens is 750 g/mol. The van der Waals surface area contributed by atoms with Gasteiger partial charge in [-0.15, -0.1) is 0 Å². The summed E-state index contributed by atoms with van der Waals surface area (Å²) >= 11 is 0. The summed E-state index contributed by atoms with van der Waals surface area (Å²) in [6.45, 7) is -1.44. The van der Waals surface area contributed by atoms with Gasteiger partial charge in [0.25, 0.3) is 5.56 Å². The second-order valence-corrected chi connectivity index (χ2v) is 15.9. The molecule has 2 saturated heterocycles. The zero-order chi connectivity index (χ0) is 38.2. The number of phosphoric acid groups is 2. The number of fused-ring (bicyclic) bond motifs is 1. The lowest BCUT2D eigenvalue weighted by molar-refractivity contribution is -0.273. The fourth-order valence-corrected chi connectivity index (χ4v) is 8.93. The van der Waals surface area contributed by atoms with Crippen molar-refractivity contribution in [3.05, 3.63) is 52.6 Å². The molecule has 3 fully saturated rings. The lowest BCUT2D eigenvalue weighted by Crippen LogP contribution is -2.60. The summed E-state index contributed by atoms with van der Waals surface area (Å²) in [4.78, 5) is 56.1. The molecule has 53 heavy (non-hydrogen) atoms. The number of hydrogen-bond donors (Lipinski definition) is 10. The summed E-state index contributed by atoms with van der Waals surface area (Å²) < 4.78 is 51.3. The molecule has 0 radical (unpaired) electrons. The Labute approximate surface area is 299 Å². The quantitative estimate of drug-likeness (QED) is 0.0878. The summed E-state index contributed by atoms with van der Waals surface area (Å²) in [6, 6.07) is 9.08. The molecule has 3 aliphatic rings. The van der Waals surface area contributed by atoms with Crippen LogP contribution in [0.2, 0.25) is 0 Å². The van der Waals surface area contributed by atoms with Crippen LogP contribution in [0, 0.1) is 5.92 Å². The Hall–Kier alpha value is -3.18. The first kappa shape index (κ1) is 39.5. The lowest BCUT2D eigenvalue weighted by atomic mass is 9.84. The predicted octanol–water partition coefficient (Wildman–Crippen LogP) is -1.53. The Balaban J connectivity index is 1.05. The third kappa shape index (κ3) is 8.71. The van der Waals surface area contributed by atoms with Gasteiger partial charge in [-0.3, -0.25) is 28.2 Å². The summed E-state index contributed by atoms with van der Waals surface area (Å²) in [5.41, 5.74) is 5.38. The number of nitrogens with zero attached hydrogens (tertiary/aromatic N) is 3. The van der Waals surface area contributed by atoms with E-state index in [1.807, 2.05) is 18.2 Å². The molecule has 3 unspecified atom stereocenters. The van der Waals surface area contributed by atoms with Gasteiger partial charge in [0, 0.05) is 6.54 Å². The van der Waals surface area contributed by atoms with E-state index in [-0.39, 0.29) is 23.0 Å². The highest BCUT2D eigenvalue weighted by atomic mass is 31.3. The number of nitrogens with two attached hydrogens (primary N) is 1. The average Bonchev–Trinajstić information content (AvgIpc) is 3.84. The maximum atomic E-state index is 13.4. The van der Waals surface area contributed by atoms with Gasteiger partial charge in [0.1, 0.15) is 42.7 Å². The minimum absolute atomic E-state index is 0.0585. The van der Waals surface area contributed by atoms with Crippen LogP contribution in [0.5, 0.6) is 0 Å². The largest absolute Gasteiger partial charge is 0.483 e. The number of nitrogens with one attached hydrogen (secondary N) is 2. The van der Waals surface area contributed by atoms with Gasteiger partial charge < -0.3 is 55.8 Å². The normalized spacial score (nSPS) is 32.3. The van der Waals surface area contributed by atoms with Crippen molar-refractivity contribution in [3.8, 4) is 0 Å². The Morgan fingerprint density at radius 3 is 2.36 bits per heavy atom. The molecule has 4 heterocycles. The third-order valence-corrected chi connectivity index (χ3v) is 12.0. The minimum atomic E-state index is -5.70. The number of carbonyl (C=O) groups is 1. The second kappa shape index (κ2) is 15.9. The highest BCUT2D eigenvalue weighted by Gasteiger charge is 2.50. The van der Waals surface area contributed by atoms with Crippen molar-refractivity contribution >= 4 is 38.7 Å². The summed E-state index contributed by atoms with van der Waals surface area (Å²) in [5.74, 6) is -1.14. The Morgan fingerprint density at radius 1 is 0.981 bits per heavy atom. The van der Waals surface area contributed by atoms with Crippen LogP contribution in [0.4, 0.5) is 5.95 Å². The predicted molar refractivity (Wildman–Crippen MR) is 177 cm³/mol. The minimum Gasteiger partial charge on any atom is -0.388 e. The van der Waals surface area contributed by atoms with Crippen molar-refractivity contribution in [2.24, 2.45) is 5.92 Å². The molecule has 24 heteroatoms. The van der Waals surface area contributed by atoms with E-state index in [1.165, 1.54) is 0 Å². The Bertz CT molecular complexity index is 1910. The van der Waals surface area contributed by atoms with Crippen LogP contribution in [0.15, 0.2) is 41.5 Å². The van der Waals surface area contributed by atoms with Crippen LogP contribution in [0.3, 0.4) is 0 Å². The van der Waals surface area contributed by atoms with Gasteiger partial charge >= 0.3 is 15.6 Å². The van der Waals surface area contributed by atoms with E-state index in [1.54, 1.807) is 12.1 Å². The Kier molecular flexibility index (Phi) is 11.8. The summed E-state index contributed by atoms with van der Waals surface area (Å²) in [5, 5.41) is 55.3. The fourth-order valence-electron chi connectivity index (χ4n) is 6.77. The number of aromatic amines is 1. The molecule has 0 spiro atoms. The molecule has 6 rings (SSSR count). The van der Waals surface area contributed by atoms with Crippen molar-refractivity contribution in [1.29, 1.82) is 0 Å². The summed E-state index contributed by atoms with van der Waals surface area (Å²) in [7, 11) is -11.3. The van der Waals surface area contributed by atoms with E-state index in [2.05, 4.69) is 24.6 Å².